The Morgan fingerprint density at radius 1 is 1.37 bits per heavy atom. The minimum Gasteiger partial charge on any atom is -0.489 e. The molecule has 1 aromatic rings. The van der Waals surface area contributed by atoms with E-state index in [0.29, 0.717) is 12.2 Å². The van der Waals surface area contributed by atoms with E-state index in [4.69, 9.17) is 9.47 Å². The minimum atomic E-state index is -0.269. The average molecular weight is 263 g/mol. The number of nitrogens with zero attached hydrogens (tertiary/aromatic N) is 1. The molecular weight excluding hydrogens is 242 g/mol. The zero-order chi connectivity index (χ0) is 13.7. The van der Waals surface area contributed by atoms with Gasteiger partial charge >= 0.3 is 5.97 Å². The SMILES string of the molecule is CCCOC(=O)c1ccc(OC2CCN(C)C2)cc1. The Hall–Kier alpha value is -1.55. The molecule has 1 aromatic carbocycles. The highest BCUT2D eigenvalue weighted by Crippen LogP contribution is 2.18. The molecule has 0 aromatic heterocycles. The van der Waals surface area contributed by atoms with Gasteiger partial charge in [0.25, 0.3) is 0 Å². The molecule has 19 heavy (non-hydrogen) atoms. The Morgan fingerprint density at radius 2 is 2.11 bits per heavy atom. The highest BCUT2D eigenvalue weighted by Gasteiger charge is 2.20. The number of carbonyl (C=O) groups is 1. The number of hydrogen-bond acceptors (Lipinski definition) is 4. The van der Waals surface area contributed by atoms with E-state index in [1.165, 1.54) is 0 Å². The van der Waals surface area contributed by atoms with E-state index in [2.05, 4.69) is 11.9 Å². The van der Waals surface area contributed by atoms with Gasteiger partial charge in [0.1, 0.15) is 11.9 Å². The monoisotopic (exact) mass is 263 g/mol. The molecule has 1 fully saturated rings. The van der Waals surface area contributed by atoms with E-state index in [1.54, 1.807) is 12.1 Å². The molecule has 0 bridgehead atoms. The maximum atomic E-state index is 11.6. The summed E-state index contributed by atoms with van der Waals surface area (Å²) >= 11 is 0. The molecule has 0 aliphatic carbocycles. The fourth-order valence-electron chi connectivity index (χ4n) is 2.13. The normalized spacial score (nSPS) is 19.4. The van der Waals surface area contributed by atoms with Crippen molar-refractivity contribution in [1.29, 1.82) is 0 Å². The van der Waals surface area contributed by atoms with Crippen LogP contribution in [0.2, 0.25) is 0 Å². The Balaban J connectivity index is 1.89. The summed E-state index contributed by atoms with van der Waals surface area (Å²) in [4.78, 5) is 13.9. The van der Waals surface area contributed by atoms with Crippen LogP contribution in [0.4, 0.5) is 0 Å². The quantitative estimate of drug-likeness (QED) is 0.764. The summed E-state index contributed by atoms with van der Waals surface area (Å²) in [5.41, 5.74) is 0.573. The van der Waals surface area contributed by atoms with Crippen LogP contribution >= 0.6 is 0 Å². The number of rotatable bonds is 5. The Labute approximate surface area is 114 Å². The fourth-order valence-corrected chi connectivity index (χ4v) is 2.13. The van der Waals surface area contributed by atoms with Crippen molar-refractivity contribution in [2.75, 3.05) is 26.7 Å². The van der Waals surface area contributed by atoms with Crippen LogP contribution in [0.15, 0.2) is 24.3 Å². The van der Waals surface area contributed by atoms with E-state index < -0.39 is 0 Å². The number of likely N-dealkylation sites (tertiary alicyclic amines) is 1. The fraction of sp³-hybridized carbons (Fsp3) is 0.533. The number of hydrogen-bond donors (Lipinski definition) is 0. The van der Waals surface area contributed by atoms with Crippen LogP contribution in [0.25, 0.3) is 0 Å². The van der Waals surface area contributed by atoms with Crippen molar-refractivity contribution >= 4 is 5.97 Å². The van der Waals surface area contributed by atoms with E-state index in [9.17, 15) is 4.79 Å². The molecule has 4 nitrogen and oxygen atoms in total. The highest BCUT2D eigenvalue weighted by atomic mass is 16.5. The molecule has 1 aliphatic rings. The van der Waals surface area contributed by atoms with Crippen LogP contribution in [-0.4, -0.2) is 43.7 Å². The summed E-state index contributed by atoms with van der Waals surface area (Å²) in [6.45, 7) is 4.47. The van der Waals surface area contributed by atoms with Crippen molar-refractivity contribution in [2.45, 2.75) is 25.9 Å². The Bertz CT molecular complexity index is 416. The topological polar surface area (TPSA) is 38.8 Å². The first-order valence-corrected chi connectivity index (χ1v) is 6.81. The van der Waals surface area contributed by atoms with Gasteiger partial charge in [-0.05, 0) is 44.2 Å². The van der Waals surface area contributed by atoms with E-state index >= 15 is 0 Å². The number of ether oxygens (including phenoxy) is 2. The number of esters is 1. The van der Waals surface area contributed by atoms with Gasteiger partial charge in [-0.1, -0.05) is 6.92 Å². The predicted octanol–water partition coefficient (Wildman–Crippen LogP) is 2.34. The van der Waals surface area contributed by atoms with Gasteiger partial charge in [0.15, 0.2) is 0 Å². The van der Waals surface area contributed by atoms with Crippen LogP contribution in [0.5, 0.6) is 5.75 Å². The van der Waals surface area contributed by atoms with Crippen LogP contribution in [-0.2, 0) is 4.74 Å². The van der Waals surface area contributed by atoms with Gasteiger partial charge in [0, 0.05) is 13.1 Å². The molecule has 0 amide bonds. The molecule has 2 rings (SSSR count). The molecule has 4 heteroatoms. The first-order valence-electron chi connectivity index (χ1n) is 6.81. The van der Waals surface area contributed by atoms with Crippen LogP contribution < -0.4 is 4.74 Å². The van der Waals surface area contributed by atoms with Crippen molar-refractivity contribution in [3.8, 4) is 5.75 Å². The van der Waals surface area contributed by atoms with Crippen LogP contribution in [0.1, 0.15) is 30.1 Å². The Kier molecular flexibility index (Phi) is 4.80. The van der Waals surface area contributed by atoms with Gasteiger partial charge in [-0.25, -0.2) is 4.79 Å². The largest absolute Gasteiger partial charge is 0.489 e. The smallest absolute Gasteiger partial charge is 0.338 e. The van der Waals surface area contributed by atoms with Crippen molar-refractivity contribution in [1.82, 2.24) is 4.90 Å². The lowest BCUT2D eigenvalue weighted by atomic mass is 10.2. The molecule has 1 aliphatic heterocycles. The molecule has 0 spiro atoms. The van der Waals surface area contributed by atoms with Crippen LogP contribution in [0, 0.1) is 0 Å². The zero-order valence-electron chi connectivity index (χ0n) is 11.6. The zero-order valence-corrected chi connectivity index (χ0v) is 11.6. The summed E-state index contributed by atoms with van der Waals surface area (Å²) in [5.74, 6) is 0.543. The highest BCUT2D eigenvalue weighted by molar-refractivity contribution is 5.89. The summed E-state index contributed by atoms with van der Waals surface area (Å²) in [6, 6.07) is 7.18. The molecule has 1 atom stereocenters. The van der Waals surface area contributed by atoms with Gasteiger partial charge in [-0.15, -0.1) is 0 Å². The van der Waals surface area contributed by atoms with Crippen molar-refractivity contribution < 1.29 is 14.3 Å². The summed E-state index contributed by atoms with van der Waals surface area (Å²) in [6.07, 6.45) is 2.14. The first-order chi connectivity index (χ1) is 9.19. The van der Waals surface area contributed by atoms with E-state index in [-0.39, 0.29) is 12.1 Å². The van der Waals surface area contributed by atoms with Gasteiger partial charge in [-0.3, -0.25) is 0 Å². The minimum absolute atomic E-state index is 0.253. The standard InChI is InChI=1S/C15H21NO3/c1-3-10-18-15(17)12-4-6-13(7-5-12)19-14-8-9-16(2)11-14/h4-7,14H,3,8-11H2,1-2H3. The molecule has 0 N–H and O–H groups in total. The van der Waals surface area contributed by atoms with Crippen LogP contribution in [0.3, 0.4) is 0 Å². The molecule has 1 unspecified atom stereocenters. The van der Waals surface area contributed by atoms with E-state index in [0.717, 1.165) is 31.7 Å². The number of carbonyl (C=O) groups excluding carboxylic acids is 1. The maximum absolute atomic E-state index is 11.6. The molecule has 1 saturated heterocycles. The average Bonchev–Trinajstić information content (AvgIpc) is 2.82. The second-order valence-electron chi connectivity index (χ2n) is 4.95. The first kappa shape index (κ1) is 13.9. The van der Waals surface area contributed by atoms with Crippen molar-refractivity contribution in [3.05, 3.63) is 29.8 Å². The lowest BCUT2D eigenvalue weighted by Crippen LogP contribution is -2.21. The summed E-state index contributed by atoms with van der Waals surface area (Å²) < 4.78 is 10.9. The van der Waals surface area contributed by atoms with Gasteiger partial charge in [-0.2, -0.15) is 0 Å². The summed E-state index contributed by atoms with van der Waals surface area (Å²) in [7, 11) is 2.09. The third-order valence-electron chi connectivity index (χ3n) is 3.18. The van der Waals surface area contributed by atoms with Crippen molar-refractivity contribution in [2.24, 2.45) is 0 Å². The van der Waals surface area contributed by atoms with Gasteiger partial charge in [0.05, 0.1) is 12.2 Å². The molecule has 1 heterocycles. The lowest BCUT2D eigenvalue weighted by Gasteiger charge is -2.13. The molecule has 0 radical (unpaired) electrons. The summed E-state index contributed by atoms with van der Waals surface area (Å²) in [5, 5.41) is 0. The second-order valence-corrected chi connectivity index (χ2v) is 4.95. The van der Waals surface area contributed by atoms with Gasteiger partial charge in [0.2, 0.25) is 0 Å². The molecule has 104 valence electrons. The van der Waals surface area contributed by atoms with Gasteiger partial charge < -0.3 is 14.4 Å². The van der Waals surface area contributed by atoms with Crippen molar-refractivity contribution in [3.63, 3.8) is 0 Å². The van der Waals surface area contributed by atoms with E-state index in [1.807, 2.05) is 19.1 Å². The molecular formula is C15H21NO3. The maximum Gasteiger partial charge on any atom is 0.338 e. The second kappa shape index (κ2) is 6.57. The number of benzene rings is 1. The lowest BCUT2D eigenvalue weighted by molar-refractivity contribution is 0.0505. The molecule has 0 saturated carbocycles. The Morgan fingerprint density at radius 3 is 2.68 bits per heavy atom. The number of likely N-dealkylation sites (N-methyl/N-ethyl adjacent to an activating group) is 1. The predicted molar refractivity (Wildman–Crippen MR) is 73.5 cm³/mol. The third kappa shape index (κ3) is 3.96. The third-order valence-corrected chi connectivity index (χ3v) is 3.18.